The third-order valence-electron chi connectivity index (χ3n) is 2.93. The van der Waals surface area contributed by atoms with Gasteiger partial charge >= 0.3 is 5.97 Å². The normalized spacial score (nSPS) is 15.1. The third-order valence-corrected chi connectivity index (χ3v) is 4.23. The smallest absolute Gasteiger partial charge is 0.328 e. The molecule has 0 unspecified atom stereocenters. The number of carbonyl (C=O) groups is 1. The van der Waals surface area contributed by atoms with Crippen LogP contribution in [-0.2, 0) is 4.79 Å². The highest BCUT2D eigenvalue weighted by Crippen LogP contribution is 2.41. The largest absolute Gasteiger partial charge is 0.493 e. The van der Waals surface area contributed by atoms with Crippen molar-refractivity contribution in [2.45, 2.75) is 0 Å². The van der Waals surface area contributed by atoms with Gasteiger partial charge in [0.15, 0.2) is 0 Å². The standard InChI is InChI=1S/C14H7ClFNO3S/c15-11-4-9-13(21-11)8(5-12(18)19)7-2-1-6(16)3-10(7)17-14(9)20/h1-5H,(H,17,20)(H,18,19)/b8-5-. The number of aliphatic imine (C=N–C) groups is 1. The van der Waals surface area contributed by atoms with Crippen molar-refractivity contribution >= 4 is 46.1 Å². The lowest BCUT2D eigenvalue weighted by molar-refractivity contribution is -0.131. The van der Waals surface area contributed by atoms with Crippen LogP contribution in [0.1, 0.15) is 16.0 Å². The lowest BCUT2D eigenvalue weighted by atomic mass is 10.0. The van der Waals surface area contributed by atoms with E-state index < -0.39 is 11.8 Å². The quantitative estimate of drug-likeness (QED) is 0.779. The molecule has 1 aromatic carbocycles. The van der Waals surface area contributed by atoms with Crippen molar-refractivity contribution in [3.8, 4) is 0 Å². The molecule has 0 amide bonds. The summed E-state index contributed by atoms with van der Waals surface area (Å²) in [5, 5.41) is 19.1. The summed E-state index contributed by atoms with van der Waals surface area (Å²) >= 11 is 7.07. The molecule has 0 spiro atoms. The van der Waals surface area contributed by atoms with Gasteiger partial charge in [-0.15, -0.1) is 11.3 Å². The molecule has 21 heavy (non-hydrogen) atoms. The van der Waals surface area contributed by atoms with E-state index in [2.05, 4.69) is 4.99 Å². The molecule has 3 rings (SSSR count). The Morgan fingerprint density at radius 3 is 2.81 bits per heavy atom. The van der Waals surface area contributed by atoms with E-state index >= 15 is 0 Å². The first-order valence-electron chi connectivity index (χ1n) is 5.78. The van der Waals surface area contributed by atoms with Crippen LogP contribution in [-0.4, -0.2) is 22.1 Å². The van der Waals surface area contributed by atoms with Gasteiger partial charge in [-0.3, -0.25) is 0 Å². The van der Waals surface area contributed by atoms with Crippen molar-refractivity contribution in [1.29, 1.82) is 0 Å². The van der Waals surface area contributed by atoms with Gasteiger partial charge in [0, 0.05) is 28.2 Å². The predicted octanol–water partition coefficient (Wildman–Crippen LogP) is 4.01. The fraction of sp³-hybridized carbons (Fsp3) is 0. The molecule has 1 aliphatic rings. The Kier molecular flexibility index (Phi) is 3.27. The van der Waals surface area contributed by atoms with Gasteiger partial charge in [0.25, 0.3) is 0 Å². The van der Waals surface area contributed by atoms with Crippen LogP contribution in [0.4, 0.5) is 10.1 Å². The zero-order chi connectivity index (χ0) is 15.1. The Hall–Kier alpha value is -2.18. The number of rotatable bonds is 1. The number of fused-ring (bicyclic) bond motifs is 2. The number of hydrogen-bond acceptors (Lipinski definition) is 3. The molecule has 4 nitrogen and oxygen atoms in total. The minimum Gasteiger partial charge on any atom is -0.493 e. The summed E-state index contributed by atoms with van der Waals surface area (Å²) in [7, 11) is 0. The summed E-state index contributed by atoms with van der Waals surface area (Å²) in [5.41, 5.74) is 1.24. The molecule has 0 fully saturated rings. The summed E-state index contributed by atoms with van der Waals surface area (Å²) in [6, 6.07) is 5.28. The Morgan fingerprint density at radius 1 is 1.33 bits per heavy atom. The molecule has 1 aromatic heterocycles. The Bertz CT molecular complexity index is 826. The molecule has 0 saturated carbocycles. The van der Waals surface area contributed by atoms with Gasteiger partial charge < -0.3 is 10.2 Å². The lowest BCUT2D eigenvalue weighted by Crippen LogP contribution is -1.98. The zero-order valence-electron chi connectivity index (χ0n) is 10.3. The fourth-order valence-corrected chi connectivity index (χ4v) is 3.37. The van der Waals surface area contributed by atoms with Crippen LogP contribution in [0.25, 0.3) is 5.57 Å². The summed E-state index contributed by atoms with van der Waals surface area (Å²) in [6.07, 6.45) is 0.997. The van der Waals surface area contributed by atoms with Crippen molar-refractivity contribution in [3.05, 3.63) is 56.5 Å². The summed E-state index contributed by atoms with van der Waals surface area (Å²) in [4.78, 5) is 15.5. The van der Waals surface area contributed by atoms with Gasteiger partial charge in [0.2, 0.25) is 5.90 Å². The molecule has 106 valence electrons. The maximum absolute atomic E-state index is 13.4. The number of hydrogen-bond donors (Lipinski definition) is 2. The van der Waals surface area contributed by atoms with Gasteiger partial charge in [0.05, 0.1) is 15.6 Å². The van der Waals surface area contributed by atoms with E-state index in [1.807, 2.05) is 0 Å². The first kappa shape index (κ1) is 13.8. The number of aliphatic hydroxyl groups is 1. The number of benzene rings is 1. The van der Waals surface area contributed by atoms with Crippen LogP contribution in [0, 0.1) is 5.82 Å². The maximum Gasteiger partial charge on any atom is 0.328 e. The van der Waals surface area contributed by atoms with E-state index in [1.54, 1.807) is 0 Å². The van der Waals surface area contributed by atoms with Crippen LogP contribution >= 0.6 is 22.9 Å². The highest BCUT2D eigenvalue weighted by molar-refractivity contribution is 7.17. The monoisotopic (exact) mass is 323 g/mol. The number of nitrogens with zero attached hydrogens (tertiary/aromatic N) is 1. The Balaban J connectivity index is 2.37. The van der Waals surface area contributed by atoms with E-state index in [4.69, 9.17) is 16.7 Å². The van der Waals surface area contributed by atoms with Crippen LogP contribution in [0.3, 0.4) is 0 Å². The average molecular weight is 324 g/mol. The molecule has 1 aliphatic heterocycles. The second kappa shape index (κ2) is 4.98. The third kappa shape index (κ3) is 2.43. The molecule has 2 heterocycles. The molecule has 0 saturated heterocycles. The molecule has 0 atom stereocenters. The Labute approximate surface area is 127 Å². The van der Waals surface area contributed by atoms with Gasteiger partial charge in [-0.25, -0.2) is 14.2 Å². The second-order valence-electron chi connectivity index (χ2n) is 4.29. The van der Waals surface area contributed by atoms with Crippen LogP contribution < -0.4 is 0 Å². The first-order chi connectivity index (χ1) is 9.95. The van der Waals surface area contributed by atoms with Crippen molar-refractivity contribution in [3.63, 3.8) is 0 Å². The van der Waals surface area contributed by atoms with E-state index in [9.17, 15) is 14.3 Å². The SMILES string of the molecule is O=C(O)/C=C1/c2ccc(F)cc2N=C(O)c2cc(Cl)sc21. The highest BCUT2D eigenvalue weighted by atomic mass is 35.5. The van der Waals surface area contributed by atoms with Gasteiger partial charge in [0.1, 0.15) is 5.82 Å². The predicted molar refractivity (Wildman–Crippen MR) is 79.3 cm³/mol. The molecule has 0 aliphatic carbocycles. The number of aliphatic carboxylic acids is 1. The van der Waals surface area contributed by atoms with Crippen molar-refractivity contribution in [2.24, 2.45) is 4.99 Å². The van der Waals surface area contributed by atoms with Crippen LogP contribution in [0.15, 0.2) is 35.3 Å². The summed E-state index contributed by atoms with van der Waals surface area (Å²) in [6.45, 7) is 0. The van der Waals surface area contributed by atoms with Gasteiger partial charge in [-0.1, -0.05) is 11.6 Å². The number of carboxylic acids is 1. The summed E-state index contributed by atoms with van der Waals surface area (Å²) < 4.78 is 13.7. The van der Waals surface area contributed by atoms with Crippen molar-refractivity contribution in [1.82, 2.24) is 0 Å². The topological polar surface area (TPSA) is 69.9 Å². The zero-order valence-corrected chi connectivity index (χ0v) is 11.9. The first-order valence-corrected chi connectivity index (χ1v) is 6.97. The molecule has 0 radical (unpaired) electrons. The van der Waals surface area contributed by atoms with Crippen LogP contribution in [0.2, 0.25) is 4.34 Å². The van der Waals surface area contributed by atoms with Gasteiger partial charge in [-0.05, 0) is 18.2 Å². The minimum atomic E-state index is -1.16. The maximum atomic E-state index is 13.4. The van der Waals surface area contributed by atoms with Crippen molar-refractivity contribution in [2.75, 3.05) is 0 Å². The minimum absolute atomic E-state index is 0.166. The molecule has 7 heteroatoms. The average Bonchev–Trinajstić information content (AvgIpc) is 2.74. The molecule has 0 bridgehead atoms. The second-order valence-corrected chi connectivity index (χ2v) is 5.97. The number of aliphatic hydroxyl groups excluding tert-OH is 1. The highest BCUT2D eigenvalue weighted by Gasteiger charge is 2.24. The molecular weight excluding hydrogens is 317 g/mol. The van der Waals surface area contributed by atoms with E-state index in [0.717, 1.165) is 23.5 Å². The van der Waals surface area contributed by atoms with Gasteiger partial charge in [-0.2, -0.15) is 0 Å². The molecular formula is C14H7ClFNO3S. The number of thiophene rings is 1. The lowest BCUT2D eigenvalue weighted by Gasteiger charge is -2.07. The molecule has 2 aromatic rings. The van der Waals surface area contributed by atoms with E-state index in [-0.39, 0.29) is 11.6 Å². The number of halogens is 2. The number of carboxylic acid groups (broad SMARTS) is 1. The van der Waals surface area contributed by atoms with E-state index in [0.29, 0.717) is 25.9 Å². The Morgan fingerprint density at radius 2 is 2.10 bits per heavy atom. The van der Waals surface area contributed by atoms with E-state index in [1.165, 1.54) is 18.2 Å². The van der Waals surface area contributed by atoms with Crippen LogP contribution in [0.5, 0.6) is 0 Å². The van der Waals surface area contributed by atoms with Crippen molar-refractivity contribution < 1.29 is 19.4 Å². The fourth-order valence-electron chi connectivity index (χ4n) is 2.12. The summed E-state index contributed by atoms with van der Waals surface area (Å²) in [5.74, 6) is -2.01. The molecule has 2 N–H and O–H groups in total.